The lowest BCUT2D eigenvalue weighted by molar-refractivity contribution is 0.395. The zero-order valence-electron chi connectivity index (χ0n) is 17.2. The van der Waals surface area contributed by atoms with Gasteiger partial charge >= 0.3 is 0 Å². The fraction of sp³-hybridized carbons (Fsp3) is 0.130. The van der Waals surface area contributed by atoms with Crippen molar-refractivity contribution in [3.8, 4) is 22.8 Å². The van der Waals surface area contributed by atoms with Gasteiger partial charge in [0.25, 0.3) is 0 Å². The second kappa shape index (κ2) is 8.49. The molecule has 8 heteroatoms. The molecule has 0 aliphatic rings. The number of methoxy groups -OCH3 is 2. The number of nitrogens with one attached hydrogen (secondary N) is 1. The van der Waals surface area contributed by atoms with E-state index in [1.165, 1.54) is 14.2 Å². The summed E-state index contributed by atoms with van der Waals surface area (Å²) in [6, 6.07) is 13.0. The van der Waals surface area contributed by atoms with Crippen LogP contribution in [0.25, 0.3) is 22.0 Å². The molecular formula is C23H20Cl2N4O2. The highest BCUT2D eigenvalue weighted by molar-refractivity contribution is 6.41. The van der Waals surface area contributed by atoms with Crippen molar-refractivity contribution in [2.24, 2.45) is 0 Å². The van der Waals surface area contributed by atoms with E-state index in [1.54, 1.807) is 12.3 Å². The number of hydrogen-bond acceptors (Lipinski definition) is 6. The minimum atomic E-state index is 0.366. The Balaban J connectivity index is 1.82. The van der Waals surface area contributed by atoms with E-state index in [-0.39, 0.29) is 0 Å². The monoisotopic (exact) mass is 454 g/mol. The Morgan fingerprint density at radius 2 is 1.65 bits per heavy atom. The number of aryl methyl sites for hydroxylation is 1. The molecule has 0 radical (unpaired) electrons. The van der Waals surface area contributed by atoms with Gasteiger partial charge in [0.1, 0.15) is 17.3 Å². The summed E-state index contributed by atoms with van der Waals surface area (Å²) in [7, 11) is 3.07. The van der Waals surface area contributed by atoms with Gasteiger partial charge in [0.05, 0.1) is 41.3 Å². The first kappa shape index (κ1) is 21.0. The molecule has 0 amide bonds. The summed E-state index contributed by atoms with van der Waals surface area (Å²) in [5.41, 5.74) is 9.41. The number of rotatable bonds is 5. The molecule has 0 fully saturated rings. The number of nitrogens with two attached hydrogens (primary N) is 1. The highest BCUT2D eigenvalue weighted by atomic mass is 35.5. The Hall–Kier alpha value is -3.22. The number of anilines is 3. The lowest BCUT2D eigenvalue weighted by Crippen LogP contribution is -1.99. The molecule has 4 rings (SSSR count). The summed E-state index contributed by atoms with van der Waals surface area (Å²) >= 11 is 13.1. The van der Waals surface area contributed by atoms with Gasteiger partial charge in [-0.2, -0.15) is 0 Å². The van der Waals surface area contributed by atoms with Crippen LogP contribution >= 0.6 is 23.2 Å². The maximum absolute atomic E-state index is 6.57. The van der Waals surface area contributed by atoms with Crippen molar-refractivity contribution in [1.29, 1.82) is 0 Å². The topological polar surface area (TPSA) is 82.3 Å². The molecule has 2 heterocycles. The molecule has 4 aromatic rings. The Bertz CT molecular complexity index is 1270. The predicted molar refractivity (Wildman–Crippen MR) is 127 cm³/mol. The Morgan fingerprint density at radius 3 is 2.29 bits per heavy atom. The van der Waals surface area contributed by atoms with Gasteiger partial charge in [0.2, 0.25) is 0 Å². The summed E-state index contributed by atoms with van der Waals surface area (Å²) in [5, 5.41) is 5.81. The van der Waals surface area contributed by atoms with Crippen molar-refractivity contribution in [3.63, 3.8) is 0 Å². The molecule has 0 unspecified atom stereocenters. The molecule has 0 spiro atoms. The Kier molecular flexibility index (Phi) is 5.76. The molecule has 2 aromatic heterocycles. The van der Waals surface area contributed by atoms with Crippen LogP contribution in [0.3, 0.4) is 0 Å². The van der Waals surface area contributed by atoms with E-state index in [4.69, 9.17) is 43.4 Å². The number of benzene rings is 2. The molecule has 0 saturated heterocycles. The van der Waals surface area contributed by atoms with E-state index in [2.05, 4.69) is 10.3 Å². The van der Waals surface area contributed by atoms with Crippen molar-refractivity contribution < 1.29 is 9.47 Å². The zero-order valence-corrected chi connectivity index (χ0v) is 18.7. The van der Waals surface area contributed by atoms with Crippen molar-refractivity contribution in [1.82, 2.24) is 9.97 Å². The van der Waals surface area contributed by atoms with Gasteiger partial charge < -0.3 is 20.5 Å². The van der Waals surface area contributed by atoms with Crippen LogP contribution in [-0.2, 0) is 0 Å². The summed E-state index contributed by atoms with van der Waals surface area (Å²) in [4.78, 5) is 9.27. The molecule has 2 aromatic carbocycles. The van der Waals surface area contributed by atoms with Crippen LogP contribution in [0.1, 0.15) is 5.69 Å². The second-order valence-corrected chi connectivity index (χ2v) is 7.64. The fourth-order valence-electron chi connectivity index (χ4n) is 3.37. The van der Waals surface area contributed by atoms with Crippen molar-refractivity contribution >= 4 is 51.2 Å². The SMILES string of the molecule is COc1cc(OC)c(Cl)c(-c2cc3cnc(Nc4ccccc4N)cc3c(C)n2)c1Cl. The third-order valence-corrected chi connectivity index (χ3v) is 5.71. The summed E-state index contributed by atoms with van der Waals surface area (Å²) in [5.74, 6) is 1.58. The number of para-hydroxylation sites is 2. The lowest BCUT2D eigenvalue weighted by Gasteiger charge is -2.15. The molecular weight excluding hydrogens is 435 g/mol. The molecule has 6 nitrogen and oxygen atoms in total. The van der Waals surface area contributed by atoms with Crippen molar-refractivity contribution in [3.05, 3.63) is 64.4 Å². The van der Waals surface area contributed by atoms with E-state index < -0.39 is 0 Å². The van der Waals surface area contributed by atoms with Crippen LogP contribution in [0.5, 0.6) is 11.5 Å². The van der Waals surface area contributed by atoms with E-state index in [9.17, 15) is 0 Å². The smallest absolute Gasteiger partial charge is 0.141 e. The average molecular weight is 455 g/mol. The number of nitrogen functional groups attached to an aromatic ring is 1. The molecule has 31 heavy (non-hydrogen) atoms. The highest BCUT2D eigenvalue weighted by Crippen LogP contribution is 2.46. The van der Waals surface area contributed by atoms with E-state index in [0.29, 0.717) is 44.3 Å². The summed E-state index contributed by atoms with van der Waals surface area (Å²) in [6.45, 7) is 1.92. The molecule has 0 aliphatic heterocycles. The number of hydrogen-bond donors (Lipinski definition) is 2. The normalized spacial score (nSPS) is 10.9. The maximum atomic E-state index is 6.57. The quantitative estimate of drug-likeness (QED) is 0.346. The fourth-order valence-corrected chi connectivity index (χ4v) is 4.06. The summed E-state index contributed by atoms with van der Waals surface area (Å²) < 4.78 is 10.8. The highest BCUT2D eigenvalue weighted by Gasteiger charge is 2.20. The molecule has 0 aliphatic carbocycles. The van der Waals surface area contributed by atoms with E-state index >= 15 is 0 Å². The lowest BCUT2D eigenvalue weighted by atomic mass is 10.1. The van der Waals surface area contributed by atoms with Gasteiger partial charge in [0.15, 0.2) is 0 Å². The molecule has 0 bridgehead atoms. The third kappa shape index (κ3) is 3.92. The van der Waals surface area contributed by atoms with Crippen molar-refractivity contribution in [2.45, 2.75) is 6.92 Å². The number of pyridine rings is 2. The third-order valence-electron chi connectivity index (χ3n) is 4.96. The molecule has 0 saturated carbocycles. The first-order valence-corrected chi connectivity index (χ1v) is 10.2. The van der Waals surface area contributed by atoms with E-state index in [1.807, 2.05) is 43.3 Å². The Labute approximate surface area is 189 Å². The molecule has 3 N–H and O–H groups in total. The average Bonchev–Trinajstić information content (AvgIpc) is 2.76. The Morgan fingerprint density at radius 1 is 0.968 bits per heavy atom. The first-order valence-electron chi connectivity index (χ1n) is 9.42. The number of fused-ring (bicyclic) bond motifs is 1. The van der Waals surface area contributed by atoms with Crippen molar-refractivity contribution in [2.75, 3.05) is 25.3 Å². The predicted octanol–water partition coefficient (Wildman–Crippen LogP) is 6.26. The zero-order chi connectivity index (χ0) is 22.1. The van der Waals surface area contributed by atoms with Crippen LogP contribution in [0.4, 0.5) is 17.2 Å². The van der Waals surface area contributed by atoms with Gasteiger partial charge in [-0.1, -0.05) is 35.3 Å². The molecule has 158 valence electrons. The minimum absolute atomic E-state index is 0.366. The van der Waals surface area contributed by atoms with Crippen LogP contribution in [-0.4, -0.2) is 24.2 Å². The van der Waals surface area contributed by atoms with Gasteiger partial charge in [-0.15, -0.1) is 0 Å². The van der Waals surface area contributed by atoms with E-state index in [0.717, 1.165) is 22.2 Å². The van der Waals surface area contributed by atoms with Gasteiger partial charge in [-0.25, -0.2) is 4.98 Å². The number of nitrogens with zero attached hydrogens (tertiary/aromatic N) is 2. The number of aromatic nitrogens is 2. The largest absolute Gasteiger partial charge is 0.495 e. The second-order valence-electron chi connectivity index (χ2n) is 6.88. The van der Waals surface area contributed by atoms with Crippen LogP contribution in [0, 0.1) is 6.92 Å². The van der Waals surface area contributed by atoms with Crippen LogP contribution < -0.4 is 20.5 Å². The maximum Gasteiger partial charge on any atom is 0.141 e. The standard InChI is InChI=1S/C23H20Cl2N4O2/c1-12-14-9-20(29-16-7-5-4-6-15(16)26)27-11-13(14)8-17(28-12)21-22(24)18(30-2)10-19(31-3)23(21)25/h4-11H,26H2,1-3H3,(H,27,29). The number of ether oxygens (including phenoxy) is 2. The van der Waals surface area contributed by atoms with Gasteiger partial charge in [-0.3, -0.25) is 4.98 Å². The minimum Gasteiger partial charge on any atom is -0.495 e. The van der Waals surface area contributed by atoms with Gasteiger partial charge in [0, 0.05) is 34.3 Å². The first-order chi connectivity index (χ1) is 14.9. The summed E-state index contributed by atoms with van der Waals surface area (Å²) in [6.07, 6.45) is 1.77. The van der Waals surface area contributed by atoms with Gasteiger partial charge in [-0.05, 0) is 31.2 Å². The van der Waals surface area contributed by atoms with Crippen LogP contribution in [0.15, 0.2) is 48.7 Å². The molecule has 0 atom stereocenters. The van der Waals surface area contributed by atoms with Crippen LogP contribution in [0.2, 0.25) is 10.0 Å². The number of halogens is 2.